The predicted octanol–water partition coefficient (Wildman–Crippen LogP) is 2.97. The molecule has 0 radical (unpaired) electrons. The molecule has 0 saturated carbocycles. The van der Waals surface area contributed by atoms with Crippen LogP contribution >= 0.6 is 18.9 Å². The number of hydrogen-bond donors (Lipinski definition) is 3. The van der Waals surface area contributed by atoms with Gasteiger partial charge in [0, 0.05) is 36.2 Å². The summed E-state index contributed by atoms with van der Waals surface area (Å²) in [5.74, 6) is -3.22. The first-order chi connectivity index (χ1) is 19.1. The molecule has 3 saturated heterocycles. The lowest BCUT2D eigenvalue weighted by molar-refractivity contribution is -0.149. The van der Waals surface area contributed by atoms with Crippen molar-refractivity contribution in [3.8, 4) is 0 Å². The van der Waals surface area contributed by atoms with E-state index in [1.54, 1.807) is 16.0 Å². The SMILES string of the molecule is O=C(N[C@H]1CCC[C@H]2CC[C@@H](C(=O)N3CC(n4cccn4)C3)N2C1=O)c1cc2cc(C(F)P(=O)(O)O)ccc2s1. The van der Waals surface area contributed by atoms with Crippen molar-refractivity contribution in [2.45, 2.75) is 62.2 Å². The number of rotatable bonds is 6. The van der Waals surface area contributed by atoms with E-state index in [9.17, 15) is 23.3 Å². The van der Waals surface area contributed by atoms with Crippen molar-refractivity contribution in [1.82, 2.24) is 24.9 Å². The van der Waals surface area contributed by atoms with Crippen LogP contribution < -0.4 is 5.32 Å². The number of amides is 3. The number of alkyl halides is 1. The van der Waals surface area contributed by atoms with Gasteiger partial charge in [-0.3, -0.25) is 23.6 Å². The molecule has 14 heteroatoms. The Hall–Kier alpha value is -3.12. The Kier molecular flexibility index (Phi) is 7.02. The minimum atomic E-state index is -4.96. The second-order valence-electron chi connectivity index (χ2n) is 10.7. The number of fused-ring (bicyclic) bond motifs is 2. The van der Waals surface area contributed by atoms with E-state index in [0.29, 0.717) is 40.9 Å². The highest BCUT2D eigenvalue weighted by Crippen LogP contribution is 2.53. The molecule has 11 nitrogen and oxygen atoms in total. The van der Waals surface area contributed by atoms with Gasteiger partial charge < -0.3 is 24.9 Å². The maximum absolute atomic E-state index is 14.2. The molecule has 3 amide bonds. The second kappa shape index (κ2) is 10.4. The zero-order valence-corrected chi connectivity index (χ0v) is 23.1. The number of aromatic nitrogens is 2. The molecule has 0 spiro atoms. The first kappa shape index (κ1) is 27.1. The normalized spacial score (nSPS) is 24.5. The van der Waals surface area contributed by atoms with E-state index in [4.69, 9.17) is 9.79 Å². The Balaban J connectivity index is 1.14. The van der Waals surface area contributed by atoms with Crippen LogP contribution in [0, 0.1) is 0 Å². The third-order valence-corrected chi connectivity index (χ3v) is 10.1. The minimum absolute atomic E-state index is 0.0306. The Labute approximate surface area is 233 Å². The number of carbonyl (C=O) groups is 3. The molecule has 2 aromatic heterocycles. The number of hydrogen-bond acceptors (Lipinski definition) is 6. The molecule has 5 heterocycles. The van der Waals surface area contributed by atoms with Crippen LogP contribution in [0.25, 0.3) is 10.1 Å². The summed E-state index contributed by atoms with van der Waals surface area (Å²) in [4.78, 5) is 62.3. The summed E-state index contributed by atoms with van der Waals surface area (Å²) < 4.78 is 28.0. The molecule has 3 aliphatic heterocycles. The fourth-order valence-electron chi connectivity index (χ4n) is 5.99. The maximum atomic E-state index is 14.2. The van der Waals surface area contributed by atoms with Crippen molar-refractivity contribution in [3.05, 3.63) is 53.2 Å². The topological polar surface area (TPSA) is 145 Å². The van der Waals surface area contributed by atoms with Gasteiger partial charge in [-0.1, -0.05) is 6.07 Å². The Morgan fingerprint density at radius 1 is 1.12 bits per heavy atom. The molecule has 40 heavy (non-hydrogen) atoms. The smallest absolute Gasteiger partial charge is 0.340 e. The fourth-order valence-corrected chi connectivity index (χ4v) is 7.49. The summed E-state index contributed by atoms with van der Waals surface area (Å²) in [5, 5.41) is 7.57. The van der Waals surface area contributed by atoms with Crippen LogP contribution in [-0.2, 0) is 14.2 Å². The number of nitrogens with one attached hydrogen (secondary N) is 1. The summed E-state index contributed by atoms with van der Waals surface area (Å²) in [5.41, 5.74) is -0.168. The van der Waals surface area contributed by atoms with E-state index in [2.05, 4.69) is 10.4 Å². The third kappa shape index (κ3) is 4.96. The average molecular weight is 590 g/mol. The highest BCUT2D eigenvalue weighted by Gasteiger charge is 2.47. The molecular formula is C26H29FN5O6PS. The standard InChI is InChI=1S/C26H29FN5O6PS/c27-23(39(36,37)38)15-5-8-21-16(11-15)12-22(40-21)24(33)29-19-4-1-3-17-6-7-20(32(17)25(19)34)26(35)30-13-18(14-30)31-10-2-9-28-31/h2,5,8-12,17-20,23H,1,3-4,6-7,13-14H2,(H,29,33)(H2,36,37,38)/t17-,19-,20-,23?/m0/s1. The first-order valence-electron chi connectivity index (χ1n) is 13.2. The fraction of sp³-hybridized carbons (Fsp3) is 0.462. The summed E-state index contributed by atoms with van der Waals surface area (Å²) in [6.07, 6.45) is 6.90. The van der Waals surface area contributed by atoms with E-state index >= 15 is 0 Å². The van der Waals surface area contributed by atoms with Gasteiger partial charge in [0.15, 0.2) is 0 Å². The first-order valence-corrected chi connectivity index (χ1v) is 15.7. The third-order valence-electron chi connectivity index (χ3n) is 8.08. The van der Waals surface area contributed by atoms with E-state index < -0.39 is 31.5 Å². The average Bonchev–Trinajstić information content (AvgIpc) is 3.63. The van der Waals surface area contributed by atoms with E-state index in [1.165, 1.54) is 24.3 Å². The maximum Gasteiger partial charge on any atom is 0.363 e. The number of likely N-dealkylation sites (tertiary alicyclic amines) is 1. The number of benzene rings is 1. The molecule has 1 unspecified atom stereocenters. The molecule has 212 valence electrons. The van der Waals surface area contributed by atoms with E-state index in [1.807, 2.05) is 16.9 Å². The largest absolute Gasteiger partial charge is 0.363 e. The van der Waals surface area contributed by atoms with Gasteiger partial charge in [0.1, 0.15) is 12.1 Å². The predicted molar refractivity (Wildman–Crippen MR) is 144 cm³/mol. The van der Waals surface area contributed by atoms with Gasteiger partial charge >= 0.3 is 7.60 Å². The van der Waals surface area contributed by atoms with Crippen LogP contribution in [0.4, 0.5) is 4.39 Å². The monoisotopic (exact) mass is 589 g/mol. The van der Waals surface area contributed by atoms with Crippen LogP contribution in [0.5, 0.6) is 0 Å². The van der Waals surface area contributed by atoms with Gasteiger partial charge in [-0.2, -0.15) is 5.10 Å². The van der Waals surface area contributed by atoms with Gasteiger partial charge in [-0.15, -0.1) is 11.3 Å². The van der Waals surface area contributed by atoms with Crippen LogP contribution in [0.2, 0.25) is 0 Å². The van der Waals surface area contributed by atoms with Crippen LogP contribution in [0.1, 0.15) is 59.3 Å². The molecule has 3 fully saturated rings. The van der Waals surface area contributed by atoms with Gasteiger partial charge in [0.25, 0.3) is 5.91 Å². The Morgan fingerprint density at radius 3 is 2.65 bits per heavy atom. The zero-order chi connectivity index (χ0) is 28.2. The molecule has 4 atom stereocenters. The van der Waals surface area contributed by atoms with Gasteiger partial charge in [-0.05, 0) is 67.3 Å². The van der Waals surface area contributed by atoms with E-state index in [0.717, 1.165) is 30.6 Å². The number of halogens is 1. The molecule has 6 rings (SSSR count). The van der Waals surface area contributed by atoms with E-state index in [-0.39, 0.29) is 29.5 Å². The zero-order valence-electron chi connectivity index (χ0n) is 21.4. The van der Waals surface area contributed by atoms with Crippen molar-refractivity contribution in [3.63, 3.8) is 0 Å². The molecule has 0 bridgehead atoms. The van der Waals surface area contributed by atoms with Crippen molar-refractivity contribution < 1.29 is 33.1 Å². The van der Waals surface area contributed by atoms with Gasteiger partial charge in [-0.25, -0.2) is 4.39 Å². The molecule has 3 aromatic rings. The quantitative estimate of drug-likeness (QED) is 0.375. The number of carbonyl (C=O) groups excluding carboxylic acids is 3. The van der Waals surface area contributed by atoms with Crippen molar-refractivity contribution in [2.75, 3.05) is 13.1 Å². The summed E-state index contributed by atoms with van der Waals surface area (Å²) in [7, 11) is -4.96. The van der Waals surface area contributed by atoms with Crippen molar-refractivity contribution >= 4 is 46.7 Å². The number of nitrogens with zero attached hydrogens (tertiary/aromatic N) is 4. The van der Waals surface area contributed by atoms with Gasteiger partial charge in [0.2, 0.25) is 17.7 Å². The van der Waals surface area contributed by atoms with Crippen molar-refractivity contribution in [1.29, 1.82) is 0 Å². The Morgan fingerprint density at radius 2 is 1.93 bits per heavy atom. The van der Waals surface area contributed by atoms with Crippen LogP contribution in [0.3, 0.4) is 0 Å². The summed E-state index contributed by atoms with van der Waals surface area (Å²) in [6.45, 7) is 1.10. The molecule has 1 aromatic carbocycles. The molecule has 3 aliphatic rings. The van der Waals surface area contributed by atoms with Crippen molar-refractivity contribution in [2.24, 2.45) is 0 Å². The van der Waals surface area contributed by atoms with Gasteiger partial charge in [0.05, 0.1) is 10.9 Å². The second-order valence-corrected chi connectivity index (χ2v) is 13.4. The lowest BCUT2D eigenvalue weighted by Gasteiger charge is -2.42. The number of thiophene rings is 1. The molecule has 3 N–H and O–H groups in total. The highest BCUT2D eigenvalue weighted by molar-refractivity contribution is 7.51. The molecular weight excluding hydrogens is 560 g/mol. The summed E-state index contributed by atoms with van der Waals surface area (Å²) >= 11 is 1.15. The minimum Gasteiger partial charge on any atom is -0.340 e. The lowest BCUT2D eigenvalue weighted by Crippen LogP contribution is -2.59. The highest BCUT2D eigenvalue weighted by atomic mass is 32.1. The summed E-state index contributed by atoms with van der Waals surface area (Å²) in [6, 6.07) is 6.28. The molecule has 0 aliphatic carbocycles. The van der Waals surface area contributed by atoms with Crippen LogP contribution in [0.15, 0.2) is 42.7 Å². The Bertz CT molecular complexity index is 1500. The van der Waals surface area contributed by atoms with Crippen LogP contribution in [-0.4, -0.2) is 78.3 Å². The lowest BCUT2D eigenvalue weighted by atomic mass is 10.0.